The van der Waals surface area contributed by atoms with Crippen molar-refractivity contribution in [3.63, 3.8) is 0 Å². The van der Waals surface area contributed by atoms with Gasteiger partial charge >= 0.3 is 0 Å². The molecule has 5 nitrogen and oxygen atoms in total. The number of carbonyl (C=O) groups excluding carboxylic acids is 1. The number of aromatic nitrogens is 2. The molecule has 0 saturated carbocycles. The largest absolute Gasteiger partial charge is 0.343 e. The maximum atomic E-state index is 12.5. The van der Waals surface area contributed by atoms with E-state index in [2.05, 4.69) is 44.5 Å². The summed E-state index contributed by atoms with van der Waals surface area (Å²) in [7, 11) is 1.86. The Kier molecular flexibility index (Phi) is 14.9. The first-order valence-electron chi connectivity index (χ1n) is 14.4. The van der Waals surface area contributed by atoms with Crippen molar-refractivity contribution in [3.05, 3.63) is 56.5 Å². The van der Waals surface area contributed by atoms with Crippen molar-refractivity contribution in [1.29, 1.82) is 0 Å². The summed E-state index contributed by atoms with van der Waals surface area (Å²) in [5.41, 5.74) is 2.41. The van der Waals surface area contributed by atoms with Crippen LogP contribution in [0.4, 0.5) is 0 Å². The summed E-state index contributed by atoms with van der Waals surface area (Å²) in [5.74, 6) is 7.63. The smallest absolute Gasteiger partial charge is 0.273 e. The van der Waals surface area contributed by atoms with Crippen LogP contribution in [0.15, 0.2) is 35.3 Å². The molecule has 8 heteroatoms. The summed E-state index contributed by atoms with van der Waals surface area (Å²) in [4.78, 5) is 20.7. The fourth-order valence-electron chi connectivity index (χ4n) is 3.56. The Balaban J connectivity index is 0.000000950. The number of unbranched alkanes of at least 4 members (excludes halogenated alkanes) is 1. The summed E-state index contributed by atoms with van der Waals surface area (Å²) in [6, 6.07) is 9.39. The lowest BCUT2D eigenvalue weighted by Crippen LogP contribution is -2.44. The zero-order valence-corrected chi connectivity index (χ0v) is 29.1. The molecule has 0 atom stereocenters. The van der Waals surface area contributed by atoms with Crippen LogP contribution < -0.4 is 0 Å². The third-order valence-corrected chi connectivity index (χ3v) is 7.33. The van der Waals surface area contributed by atoms with E-state index in [9.17, 15) is 4.79 Å². The second-order valence-electron chi connectivity index (χ2n) is 10.1. The third-order valence-electron chi connectivity index (χ3n) is 5.78. The number of amidine groups is 1. The van der Waals surface area contributed by atoms with E-state index in [-0.39, 0.29) is 5.91 Å². The first-order valence-corrected chi connectivity index (χ1v) is 16.0. The fraction of sp³-hybridized carbons (Fsp3) is 0.485. The van der Waals surface area contributed by atoms with E-state index in [4.69, 9.17) is 28.3 Å². The second kappa shape index (κ2) is 16.8. The summed E-state index contributed by atoms with van der Waals surface area (Å²) in [6.45, 7) is 22.3. The molecule has 0 saturated heterocycles. The highest BCUT2D eigenvalue weighted by atomic mass is 35.5. The lowest BCUT2D eigenvalue weighted by atomic mass is 10.0. The number of thiophene rings is 1. The van der Waals surface area contributed by atoms with Crippen LogP contribution in [-0.4, -0.2) is 39.0 Å². The van der Waals surface area contributed by atoms with E-state index in [0.717, 1.165) is 39.8 Å². The average molecular weight is 618 g/mol. The Morgan fingerprint density at radius 2 is 1.66 bits per heavy atom. The number of rotatable bonds is 4. The molecular weight excluding hydrogens is 571 g/mol. The first kappa shape index (κ1) is 36.4. The molecule has 3 heterocycles. The Morgan fingerprint density at radius 3 is 2.17 bits per heavy atom. The molecule has 41 heavy (non-hydrogen) atoms. The van der Waals surface area contributed by atoms with E-state index in [0.29, 0.717) is 27.3 Å². The summed E-state index contributed by atoms with van der Waals surface area (Å²) >= 11 is 14.3. The van der Waals surface area contributed by atoms with Gasteiger partial charge in [0.25, 0.3) is 5.91 Å². The predicted molar refractivity (Wildman–Crippen MR) is 180 cm³/mol. The van der Waals surface area contributed by atoms with Gasteiger partial charge in [0.1, 0.15) is 11.2 Å². The lowest BCUT2D eigenvalue weighted by Gasteiger charge is -2.27. The molecule has 0 unspecified atom stereocenters. The van der Waals surface area contributed by atoms with Gasteiger partial charge in [-0.1, -0.05) is 90.4 Å². The van der Waals surface area contributed by atoms with Gasteiger partial charge < -0.3 is 4.90 Å². The first-order chi connectivity index (χ1) is 19.4. The molecule has 0 aliphatic carbocycles. The Labute approximate surface area is 262 Å². The molecule has 1 amide bonds. The van der Waals surface area contributed by atoms with Crippen LogP contribution in [0.2, 0.25) is 10.0 Å². The molecule has 3 aromatic rings. The number of likely N-dealkylation sites (N-methyl/N-ethyl adjacent to an activating group) is 1. The molecule has 1 aromatic carbocycles. The maximum absolute atomic E-state index is 12.5. The standard InChI is InChI=1S/C25H24Cl2N4OS.C4H10.2C2H6/c1-6-7-8-9-17-11-13-20(33-17)22-15(2)21(23-28-24(32)25(3,4)30(23)5)29-31(22)19-12-10-16(26)14-18(19)27;1-4(2)3;2*1-2/h10-14H,6-7H2,1-5H3;4H,1-3H3;2*1-2H3. The zero-order chi connectivity index (χ0) is 31.5. The molecule has 4 rings (SSSR count). The Morgan fingerprint density at radius 1 is 1.05 bits per heavy atom. The molecule has 0 spiro atoms. The normalized spacial score (nSPS) is 13.2. The molecule has 0 bridgehead atoms. The summed E-state index contributed by atoms with van der Waals surface area (Å²) in [6.07, 6.45) is 1.89. The molecule has 0 fully saturated rings. The number of carbonyl (C=O) groups is 1. The molecule has 2 aromatic heterocycles. The minimum Gasteiger partial charge on any atom is -0.343 e. The van der Waals surface area contributed by atoms with E-state index in [1.807, 2.05) is 83.3 Å². The van der Waals surface area contributed by atoms with Gasteiger partial charge in [-0.05, 0) is 63.4 Å². The van der Waals surface area contributed by atoms with Crippen molar-refractivity contribution < 1.29 is 4.79 Å². The van der Waals surface area contributed by atoms with Crippen LogP contribution in [0.3, 0.4) is 0 Å². The van der Waals surface area contributed by atoms with Crippen molar-refractivity contribution in [2.75, 3.05) is 7.05 Å². The highest BCUT2D eigenvalue weighted by molar-refractivity contribution is 7.16. The number of hydrogen-bond acceptors (Lipinski definition) is 4. The fourth-order valence-corrected chi connectivity index (χ4v) is 5.02. The number of halogens is 2. The van der Waals surface area contributed by atoms with E-state index in [1.165, 1.54) is 0 Å². The zero-order valence-electron chi connectivity index (χ0n) is 26.7. The van der Waals surface area contributed by atoms with E-state index < -0.39 is 5.54 Å². The molecular formula is C33H46Cl2N4OS. The van der Waals surface area contributed by atoms with Crippen LogP contribution >= 0.6 is 34.5 Å². The monoisotopic (exact) mass is 616 g/mol. The number of aliphatic imine (C=N–C) groups is 1. The number of nitrogens with zero attached hydrogens (tertiary/aromatic N) is 4. The number of benzene rings is 1. The molecule has 224 valence electrons. The van der Waals surface area contributed by atoms with Crippen molar-refractivity contribution in [1.82, 2.24) is 14.7 Å². The third kappa shape index (κ3) is 8.95. The maximum Gasteiger partial charge on any atom is 0.273 e. The van der Waals surface area contributed by atoms with Gasteiger partial charge in [0.2, 0.25) is 0 Å². The van der Waals surface area contributed by atoms with Crippen molar-refractivity contribution in [3.8, 4) is 28.1 Å². The van der Waals surface area contributed by atoms with Gasteiger partial charge in [-0.3, -0.25) is 4.79 Å². The van der Waals surface area contributed by atoms with Crippen molar-refractivity contribution in [2.45, 2.75) is 94.5 Å². The Hall–Kier alpha value is -2.59. The van der Waals surface area contributed by atoms with Gasteiger partial charge in [-0.2, -0.15) is 10.1 Å². The second-order valence-corrected chi connectivity index (χ2v) is 12.1. The van der Waals surface area contributed by atoms with Crippen molar-refractivity contribution in [2.24, 2.45) is 10.9 Å². The van der Waals surface area contributed by atoms with Gasteiger partial charge in [0.05, 0.1) is 26.2 Å². The van der Waals surface area contributed by atoms with Gasteiger partial charge in [-0.25, -0.2) is 4.68 Å². The quantitative estimate of drug-likeness (QED) is 0.274. The highest BCUT2D eigenvalue weighted by Crippen LogP contribution is 2.37. The van der Waals surface area contributed by atoms with Crippen molar-refractivity contribution >= 4 is 46.3 Å². The average Bonchev–Trinajstić information content (AvgIpc) is 3.57. The SMILES string of the molecule is CC.CC.CC(C)C.CCCC#Cc1ccc(-c2c(C)c(C3=NC(=O)C(C)(C)N3C)nn2-c2ccc(Cl)cc2Cl)s1. The predicted octanol–water partition coefficient (Wildman–Crippen LogP) is 10.1. The lowest BCUT2D eigenvalue weighted by molar-refractivity contribution is -0.123. The number of hydrogen-bond donors (Lipinski definition) is 0. The number of amides is 1. The van der Waals surface area contributed by atoms with Crippen LogP contribution in [0.5, 0.6) is 0 Å². The Bertz CT molecular complexity index is 1390. The summed E-state index contributed by atoms with van der Waals surface area (Å²) in [5, 5.41) is 5.93. The van der Waals surface area contributed by atoms with Crippen LogP contribution in [-0.2, 0) is 4.79 Å². The molecule has 1 aliphatic rings. The van der Waals surface area contributed by atoms with Gasteiger partial charge in [0, 0.05) is 24.1 Å². The van der Waals surface area contributed by atoms with Crippen LogP contribution in [0, 0.1) is 24.7 Å². The highest BCUT2D eigenvalue weighted by Gasteiger charge is 2.42. The van der Waals surface area contributed by atoms with E-state index in [1.54, 1.807) is 23.5 Å². The van der Waals surface area contributed by atoms with Crippen LogP contribution in [0.1, 0.15) is 98.2 Å². The molecule has 0 N–H and O–H groups in total. The summed E-state index contributed by atoms with van der Waals surface area (Å²) < 4.78 is 1.81. The van der Waals surface area contributed by atoms with Gasteiger partial charge in [0.15, 0.2) is 5.84 Å². The van der Waals surface area contributed by atoms with Crippen LogP contribution in [0.25, 0.3) is 16.3 Å². The topological polar surface area (TPSA) is 50.5 Å². The van der Waals surface area contributed by atoms with Gasteiger partial charge in [-0.15, -0.1) is 11.3 Å². The minimum atomic E-state index is -0.728. The minimum absolute atomic E-state index is 0.190. The molecule has 1 aliphatic heterocycles. The van der Waals surface area contributed by atoms with E-state index >= 15 is 0 Å². The molecule has 0 radical (unpaired) electrons.